The van der Waals surface area contributed by atoms with Gasteiger partial charge < -0.3 is 14.6 Å². The highest BCUT2D eigenvalue weighted by Crippen LogP contribution is 2.51. The summed E-state index contributed by atoms with van der Waals surface area (Å²) in [5.41, 5.74) is 2.04. The third-order valence-electron chi connectivity index (χ3n) is 4.06. The molecule has 0 spiro atoms. The van der Waals surface area contributed by atoms with E-state index in [0.717, 1.165) is 40.6 Å². The first-order valence-corrected chi connectivity index (χ1v) is 7.97. The Bertz CT molecular complexity index is 538. The first-order chi connectivity index (χ1) is 10.0. The first-order valence-electron chi connectivity index (χ1n) is 7.18. The number of rotatable bonds is 7. The molecule has 5 heteroatoms. The van der Waals surface area contributed by atoms with Gasteiger partial charge in [-0.05, 0) is 58.3 Å². The van der Waals surface area contributed by atoms with E-state index in [0.29, 0.717) is 11.7 Å². The van der Waals surface area contributed by atoms with Crippen molar-refractivity contribution in [2.24, 2.45) is 5.92 Å². The Balaban J connectivity index is 2.54. The van der Waals surface area contributed by atoms with Crippen LogP contribution in [0.15, 0.2) is 10.5 Å². The van der Waals surface area contributed by atoms with Crippen LogP contribution < -0.4 is 9.47 Å². The molecule has 1 aliphatic rings. The smallest absolute Gasteiger partial charge is 0.303 e. The van der Waals surface area contributed by atoms with Gasteiger partial charge in [0.1, 0.15) is 16.0 Å². The number of benzene rings is 1. The fraction of sp³-hybridized carbons (Fsp3) is 0.562. The molecule has 0 amide bonds. The average molecular weight is 357 g/mol. The van der Waals surface area contributed by atoms with Crippen molar-refractivity contribution in [2.45, 2.75) is 38.5 Å². The van der Waals surface area contributed by atoms with Crippen molar-refractivity contribution in [2.75, 3.05) is 14.2 Å². The molecule has 1 aromatic carbocycles. The molecule has 1 aliphatic carbocycles. The van der Waals surface area contributed by atoms with Crippen LogP contribution in [-0.2, 0) is 11.2 Å². The number of ether oxygens (including phenoxy) is 2. The van der Waals surface area contributed by atoms with Crippen LogP contribution >= 0.6 is 15.9 Å². The summed E-state index contributed by atoms with van der Waals surface area (Å²) in [4.78, 5) is 11.2. The molecular formula is C16H21BrO4. The van der Waals surface area contributed by atoms with Crippen LogP contribution in [0.25, 0.3) is 0 Å². The lowest BCUT2D eigenvalue weighted by Crippen LogP contribution is -2.11. The molecule has 1 atom stereocenters. The number of methoxy groups -OCH3 is 2. The van der Waals surface area contributed by atoms with Crippen LogP contribution in [0.2, 0.25) is 0 Å². The molecule has 21 heavy (non-hydrogen) atoms. The summed E-state index contributed by atoms with van der Waals surface area (Å²) in [6.45, 7) is 2.06. The largest absolute Gasteiger partial charge is 0.495 e. The van der Waals surface area contributed by atoms with Crippen LogP contribution in [0.4, 0.5) is 0 Å². The van der Waals surface area contributed by atoms with Crippen LogP contribution in [0.1, 0.15) is 43.2 Å². The second-order valence-corrected chi connectivity index (χ2v) is 6.19. The maximum Gasteiger partial charge on any atom is 0.303 e. The van der Waals surface area contributed by atoms with Gasteiger partial charge in [0.15, 0.2) is 0 Å². The molecule has 4 nitrogen and oxygen atoms in total. The molecule has 1 N–H and O–H groups in total. The molecule has 116 valence electrons. The second kappa shape index (κ2) is 6.69. The van der Waals surface area contributed by atoms with E-state index in [1.807, 2.05) is 6.07 Å². The number of hydrogen-bond donors (Lipinski definition) is 1. The Hall–Kier alpha value is -1.23. The van der Waals surface area contributed by atoms with E-state index in [1.165, 1.54) is 0 Å². The van der Waals surface area contributed by atoms with E-state index < -0.39 is 5.97 Å². The zero-order valence-electron chi connectivity index (χ0n) is 12.6. The number of aliphatic carboxylic acids is 1. The predicted molar refractivity (Wildman–Crippen MR) is 84.3 cm³/mol. The minimum absolute atomic E-state index is 0.00459. The van der Waals surface area contributed by atoms with Crippen LogP contribution in [0.5, 0.6) is 11.5 Å². The fourth-order valence-electron chi connectivity index (χ4n) is 2.87. The summed E-state index contributed by atoms with van der Waals surface area (Å²) in [5, 5.41) is 9.20. The van der Waals surface area contributed by atoms with Crippen molar-refractivity contribution in [1.82, 2.24) is 0 Å². The van der Waals surface area contributed by atoms with E-state index in [2.05, 4.69) is 22.9 Å². The van der Waals surface area contributed by atoms with Crippen molar-refractivity contribution in [3.63, 3.8) is 0 Å². The number of aryl methyl sites for hydroxylation is 1. The summed E-state index contributed by atoms with van der Waals surface area (Å²) < 4.78 is 11.8. The third kappa shape index (κ3) is 3.34. The lowest BCUT2D eigenvalue weighted by Gasteiger charge is -2.22. The number of halogens is 1. The van der Waals surface area contributed by atoms with Crippen molar-refractivity contribution < 1.29 is 19.4 Å². The van der Waals surface area contributed by atoms with Crippen molar-refractivity contribution in [3.8, 4) is 11.5 Å². The molecule has 1 unspecified atom stereocenters. The monoisotopic (exact) mass is 356 g/mol. The Kier molecular flexibility index (Phi) is 5.14. The van der Waals surface area contributed by atoms with Crippen LogP contribution in [0.3, 0.4) is 0 Å². The van der Waals surface area contributed by atoms with Gasteiger partial charge in [-0.25, -0.2) is 0 Å². The van der Waals surface area contributed by atoms with Gasteiger partial charge in [0, 0.05) is 5.92 Å². The maximum absolute atomic E-state index is 11.2. The highest BCUT2D eigenvalue weighted by molar-refractivity contribution is 9.10. The Morgan fingerprint density at radius 3 is 2.43 bits per heavy atom. The van der Waals surface area contributed by atoms with E-state index in [4.69, 9.17) is 9.47 Å². The summed E-state index contributed by atoms with van der Waals surface area (Å²) in [7, 11) is 3.24. The normalized spacial score (nSPS) is 15.6. The van der Waals surface area contributed by atoms with E-state index >= 15 is 0 Å². The molecule has 2 rings (SSSR count). The van der Waals surface area contributed by atoms with Gasteiger partial charge in [-0.1, -0.05) is 6.92 Å². The minimum atomic E-state index is -0.765. The maximum atomic E-state index is 11.2. The molecule has 1 aromatic rings. The van der Waals surface area contributed by atoms with Gasteiger partial charge >= 0.3 is 5.97 Å². The second-order valence-electron chi connectivity index (χ2n) is 5.40. The molecule has 1 fully saturated rings. The molecule has 0 aliphatic heterocycles. The van der Waals surface area contributed by atoms with Crippen molar-refractivity contribution >= 4 is 21.9 Å². The molecule has 0 bridgehead atoms. The predicted octanol–water partition coefficient (Wildman–Crippen LogP) is 4.00. The summed E-state index contributed by atoms with van der Waals surface area (Å²) >= 11 is 3.55. The topological polar surface area (TPSA) is 55.8 Å². The third-order valence-corrected chi connectivity index (χ3v) is 4.78. The van der Waals surface area contributed by atoms with Crippen LogP contribution in [-0.4, -0.2) is 25.3 Å². The van der Waals surface area contributed by atoms with Gasteiger partial charge in [0.2, 0.25) is 0 Å². The lowest BCUT2D eigenvalue weighted by atomic mass is 9.88. The molecule has 0 aromatic heterocycles. The summed E-state index contributed by atoms with van der Waals surface area (Å²) in [5.74, 6) is 1.15. The average Bonchev–Trinajstić information content (AvgIpc) is 3.28. The Labute approximate surface area is 133 Å². The van der Waals surface area contributed by atoms with Gasteiger partial charge in [-0.15, -0.1) is 0 Å². The quantitative estimate of drug-likeness (QED) is 0.802. The zero-order valence-corrected chi connectivity index (χ0v) is 14.2. The highest BCUT2D eigenvalue weighted by atomic mass is 79.9. The van der Waals surface area contributed by atoms with Gasteiger partial charge in [0.25, 0.3) is 0 Å². The molecule has 0 radical (unpaired) electrons. The minimum Gasteiger partial charge on any atom is -0.495 e. The number of hydrogen-bond acceptors (Lipinski definition) is 3. The molecule has 1 saturated carbocycles. The van der Waals surface area contributed by atoms with Crippen LogP contribution in [0, 0.1) is 5.92 Å². The number of carboxylic acids is 1. The van der Waals surface area contributed by atoms with E-state index in [-0.39, 0.29) is 12.3 Å². The van der Waals surface area contributed by atoms with Gasteiger partial charge in [-0.3, -0.25) is 4.79 Å². The Morgan fingerprint density at radius 1 is 1.38 bits per heavy atom. The van der Waals surface area contributed by atoms with Gasteiger partial charge in [0.05, 0.1) is 20.6 Å². The summed E-state index contributed by atoms with van der Waals surface area (Å²) in [6, 6.07) is 2.05. The fourth-order valence-corrected chi connectivity index (χ4v) is 3.68. The number of carbonyl (C=O) groups is 1. The highest BCUT2D eigenvalue weighted by Gasteiger charge is 2.36. The standard InChI is InChI=1S/C16H21BrO4/c1-4-9-7-12(11(8-13(18)19)10-5-6-10)16(21-3)14(17)15(9)20-2/h7,10-11H,4-6,8H2,1-3H3,(H,18,19). The van der Waals surface area contributed by atoms with E-state index in [9.17, 15) is 9.90 Å². The number of carboxylic acid groups (broad SMARTS) is 1. The SMILES string of the molecule is CCc1cc(C(CC(=O)O)C2CC2)c(OC)c(Br)c1OC. The molecular weight excluding hydrogens is 336 g/mol. The van der Waals surface area contributed by atoms with Gasteiger partial charge in [-0.2, -0.15) is 0 Å². The first kappa shape index (κ1) is 16.1. The zero-order chi connectivity index (χ0) is 15.6. The van der Waals surface area contributed by atoms with E-state index in [1.54, 1.807) is 14.2 Å². The Morgan fingerprint density at radius 2 is 2.00 bits per heavy atom. The van der Waals surface area contributed by atoms with Crippen molar-refractivity contribution in [1.29, 1.82) is 0 Å². The molecule has 0 heterocycles. The molecule has 0 saturated heterocycles. The lowest BCUT2D eigenvalue weighted by molar-refractivity contribution is -0.137. The van der Waals surface area contributed by atoms with Crippen molar-refractivity contribution in [3.05, 3.63) is 21.7 Å². The summed E-state index contributed by atoms with van der Waals surface area (Å²) in [6.07, 6.45) is 3.14.